The van der Waals surface area contributed by atoms with E-state index in [9.17, 15) is 9.59 Å². The van der Waals surface area contributed by atoms with Crippen LogP contribution in [0.4, 0.5) is 0 Å². The maximum absolute atomic E-state index is 12.7. The van der Waals surface area contributed by atoms with Gasteiger partial charge in [0.25, 0.3) is 0 Å². The summed E-state index contributed by atoms with van der Waals surface area (Å²) in [7, 11) is 0. The van der Waals surface area contributed by atoms with Gasteiger partial charge in [0, 0.05) is 38.0 Å². The third-order valence-corrected chi connectivity index (χ3v) is 5.60. The first-order valence-electron chi connectivity index (χ1n) is 9.64. The van der Waals surface area contributed by atoms with Crippen LogP contribution in [0, 0.1) is 0 Å². The second-order valence-electron chi connectivity index (χ2n) is 7.29. The van der Waals surface area contributed by atoms with E-state index in [0.717, 1.165) is 36.2 Å². The first-order chi connectivity index (χ1) is 12.6. The van der Waals surface area contributed by atoms with Crippen LogP contribution in [0.2, 0.25) is 0 Å². The maximum atomic E-state index is 12.7. The van der Waals surface area contributed by atoms with Gasteiger partial charge in [-0.3, -0.25) is 9.59 Å². The van der Waals surface area contributed by atoms with Crippen molar-refractivity contribution in [2.45, 2.75) is 51.6 Å². The molecule has 0 bridgehead atoms. The highest BCUT2D eigenvalue weighted by molar-refractivity contribution is 5.83. The SMILES string of the molecule is CCN(CC)C(=O)Cn1c(C2CC(=O)N(C3CC3)C2)nc2ccccc21. The summed E-state index contributed by atoms with van der Waals surface area (Å²) in [5.74, 6) is 1.28. The van der Waals surface area contributed by atoms with Gasteiger partial charge in [0.2, 0.25) is 11.8 Å². The minimum atomic E-state index is 0.0694. The van der Waals surface area contributed by atoms with Crippen LogP contribution in [0.1, 0.15) is 44.9 Å². The van der Waals surface area contributed by atoms with E-state index < -0.39 is 0 Å². The number of aromatic nitrogens is 2. The van der Waals surface area contributed by atoms with Gasteiger partial charge in [-0.05, 0) is 38.8 Å². The van der Waals surface area contributed by atoms with Crippen molar-refractivity contribution in [1.29, 1.82) is 0 Å². The van der Waals surface area contributed by atoms with E-state index in [0.29, 0.717) is 25.6 Å². The molecule has 2 aromatic rings. The molecule has 0 spiro atoms. The zero-order chi connectivity index (χ0) is 18.3. The van der Waals surface area contributed by atoms with Crippen molar-refractivity contribution >= 4 is 22.8 Å². The fourth-order valence-corrected chi connectivity index (χ4v) is 4.03. The van der Waals surface area contributed by atoms with Crippen molar-refractivity contribution in [3.63, 3.8) is 0 Å². The molecular weight excluding hydrogens is 328 g/mol. The Morgan fingerprint density at radius 3 is 2.65 bits per heavy atom. The second-order valence-corrected chi connectivity index (χ2v) is 7.29. The van der Waals surface area contributed by atoms with E-state index in [-0.39, 0.29) is 24.3 Å². The van der Waals surface area contributed by atoms with Crippen LogP contribution in [-0.4, -0.2) is 56.8 Å². The van der Waals surface area contributed by atoms with Crippen LogP contribution >= 0.6 is 0 Å². The van der Waals surface area contributed by atoms with Gasteiger partial charge in [-0.25, -0.2) is 4.98 Å². The van der Waals surface area contributed by atoms with Gasteiger partial charge in [0.05, 0.1) is 11.0 Å². The molecule has 1 aromatic carbocycles. The van der Waals surface area contributed by atoms with Crippen LogP contribution in [0.5, 0.6) is 0 Å². The number of fused-ring (bicyclic) bond motifs is 1. The molecule has 26 heavy (non-hydrogen) atoms. The molecule has 1 unspecified atom stereocenters. The number of carbonyl (C=O) groups is 2. The van der Waals surface area contributed by atoms with Gasteiger partial charge >= 0.3 is 0 Å². The molecule has 6 nitrogen and oxygen atoms in total. The van der Waals surface area contributed by atoms with Gasteiger partial charge in [-0.15, -0.1) is 0 Å². The van der Waals surface area contributed by atoms with Gasteiger partial charge < -0.3 is 14.4 Å². The zero-order valence-electron chi connectivity index (χ0n) is 15.5. The van der Waals surface area contributed by atoms with Crippen molar-refractivity contribution < 1.29 is 9.59 Å². The second kappa shape index (κ2) is 6.74. The minimum Gasteiger partial charge on any atom is -0.342 e. The summed E-state index contributed by atoms with van der Waals surface area (Å²) >= 11 is 0. The number of carbonyl (C=O) groups excluding carboxylic acids is 2. The molecule has 2 amide bonds. The highest BCUT2D eigenvalue weighted by Crippen LogP contribution is 2.37. The number of para-hydroxylation sites is 2. The van der Waals surface area contributed by atoms with Crippen LogP contribution in [0.15, 0.2) is 24.3 Å². The van der Waals surface area contributed by atoms with E-state index in [2.05, 4.69) is 0 Å². The van der Waals surface area contributed by atoms with E-state index >= 15 is 0 Å². The molecule has 2 fully saturated rings. The Balaban J connectivity index is 1.68. The van der Waals surface area contributed by atoms with Crippen molar-refractivity contribution in [1.82, 2.24) is 19.4 Å². The Morgan fingerprint density at radius 1 is 1.23 bits per heavy atom. The molecule has 138 valence electrons. The number of likely N-dealkylation sites (N-methyl/N-ethyl adjacent to an activating group) is 1. The van der Waals surface area contributed by atoms with E-state index in [4.69, 9.17) is 4.98 Å². The molecule has 0 N–H and O–H groups in total. The lowest BCUT2D eigenvalue weighted by atomic mass is 10.1. The lowest BCUT2D eigenvalue weighted by Crippen LogP contribution is -2.34. The number of nitrogens with zero attached hydrogens (tertiary/aromatic N) is 4. The number of likely N-dealkylation sites (tertiary alicyclic amines) is 1. The number of benzene rings is 1. The summed E-state index contributed by atoms with van der Waals surface area (Å²) in [4.78, 5) is 33.8. The Kier molecular flexibility index (Phi) is 4.42. The molecule has 1 atom stereocenters. The van der Waals surface area contributed by atoms with Crippen molar-refractivity contribution in [3.05, 3.63) is 30.1 Å². The fourth-order valence-electron chi connectivity index (χ4n) is 4.03. The van der Waals surface area contributed by atoms with Crippen molar-refractivity contribution in [3.8, 4) is 0 Å². The number of rotatable bonds is 6. The molecule has 1 aromatic heterocycles. The topological polar surface area (TPSA) is 58.4 Å². The third-order valence-electron chi connectivity index (χ3n) is 5.60. The molecule has 1 saturated heterocycles. The summed E-state index contributed by atoms with van der Waals surface area (Å²) < 4.78 is 2.03. The summed E-state index contributed by atoms with van der Waals surface area (Å²) in [5, 5.41) is 0. The Morgan fingerprint density at radius 2 is 1.96 bits per heavy atom. The molecule has 2 heterocycles. The average molecular weight is 354 g/mol. The molecule has 1 saturated carbocycles. The number of hydrogen-bond acceptors (Lipinski definition) is 3. The average Bonchev–Trinajstić information content (AvgIpc) is 3.32. The Hall–Kier alpha value is -2.37. The lowest BCUT2D eigenvalue weighted by molar-refractivity contribution is -0.131. The van der Waals surface area contributed by atoms with Crippen LogP contribution in [0.3, 0.4) is 0 Å². The first kappa shape index (κ1) is 17.1. The predicted octanol–water partition coefficient (Wildman–Crippen LogP) is 2.38. The summed E-state index contributed by atoms with van der Waals surface area (Å²) in [5.41, 5.74) is 1.87. The predicted molar refractivity (Wildman–Crippen MR) is 99.8 cm³/mol. The van der Waals surface area contributed by atoms with E-state index in [1.54, 1.807) is 0 Å². The lowest BCUT2D eigenvalue weighted by Gasteiger charge is -2.21. The molecule has 4 rings (SSSR count). The Bertz CT molecular complexity index is 835. The van der Waals surface area contributed by atoms with Crippen molar-refractivity contribution in [2.24, 2.45) is 0 Å². The van der Waals surface area contributed by atoms with Gasteiger partial charge in [0.15, 0.2) is 0 Å². The van der Waals surface area contributed by atoms with E-state index in [1.807, 2.05) is 52.5 Å². The highest BCUT2D eigenvalue weighted by Gasteiger charge is 2.41. The van der Waals surface area contributed by atoms with Crippen LogP contribution in [-0.2, 0) is 16.1 Å². The van der Waals surface area contributed by atoms with Gasteiger partial charge in [-0.1, -0.05) is 12.1 Å². The largest absolute Gasteiger partial charge is 0.342 e. The maximum Gasteiger partial charge on any atom is 0.242 e. The molecule has 1 aliphatic carbocycles. The summed E-state index contributed by atoms with van der Waals surface area (Å²) in [6.45, 7) is 6.41. The van der Waals surface area contributed by atoms with Crippen molar-refractivity contribution in [2.75, 3.05) is 19.6 Å². The zero-order valence-corrected chi connectivity index (χ0v) is 15.5. The van der Waals surface area contributed by atoms with Crippen LogP contribution < -0.4 is 0 Å². The molecule has 2 aliphatic rings. The highest BCUT2D eigenvalue weighted by atomic mass is 16.2. The first-order valence-corrected chi connectivity index (χ1v) is 9.64. The van der Waals surface area contributed by atoms with E-state index in [1.165, 1.54) is 0 Å². The minimum absolute atomic E-state index is 0.0694. The molecule has 0 radical (unpaired) electrons. The summed E-state index contributed by atoms with van der Waals surface area (Å²) in [6.07, 6.45) is 2.74. The number of imidazole rings is 1. The number of hydrogen-bond donors (Lipinski definition) is 0. The normalized spacial score (nSPS) is 20.2. The molecule has 1 aliphatic heterocycles. The standard InChI is InChI=1S/C20H26N4O2/c1-3-22(4-2)19(26)13-24-17-8-6-5-7-16(17)21-20(24)14-11-18(25)23(12-14)15-9-10-15/h5-8,14-15H,3-4,9-13H2,1-2H3. The smallest absolute Gasteiger partial charge is 0.242 e. The molecular formula is C20H26N4O2. The third kappa shape index (κ3) is 2.97. The van der Waals surface area contributed by atoms with Gasteiger partial charge in [-0.2, -0.15) is 0 Å². The monoisotopic (exact) mass is 354 g/mol. The van der Waals surface area contributed by atoms with Crippen LogP contribution in [0.25, 0.3) is 11.0 Å². The number of amides is 2. The van der Waals surface area contributed by atoms with Gasteiger partial charge in [0.1, 0.15) is 12.4 Å². The Labute approximate surface area is 153 Å². The summed E-state index contributed by atoms with van der Waals surface area (Å²) in [6, 6.07) is 8.36. The fraction of sp³-hybridized carbons (Fsp3) is 0.550. The quantitative estimate of drug-likeness (QED) is 0.800. The molecule has 6 heteroatoms.